The molecular formula is C15H18ClNO. The van der Waals surface area contributed by atoms with Crippen LogP contribution in [0.5, 0.6) is 0 Å². The highest BCUT2D eigenvalue weighted by Crippen LogP contribution is 2.33. The molecule has 1 saturated carbocycles. The summed E-state index contributed by atoms with van der Waals surface area (Å²) in [5.74, 6) is 0.412. The van der Waals surface area contributed by atoms with Crippen LogP contribution in [0.4, 0.5) is 0 Å². The summed E-state index contributed by atoms with van der Waals surface area (Å²) in [7, 11) is 2.03. The molecule has 1 aliphatic carbocycles. The van der Waals surface area contributed by atoms with Gasteiger partial charge < -0.3 is 9.67 Å². The van der Waals surface area contributed by atoms with Crippen LogP contribution in [0.2, 0.25) is 5.02 Å². The summed E-state index contributed by atoms with van der Waals surface area (Å²) in [6, 6.07) is 6.05. The second-order valence-electron chi connectivity index (χ2n) is 5.36. The molecule has 1 aliphatic rings. The van der Waals surface area contributed by atoms with E-state index >= 15 is 0 Å². The highest BCUT2D eigenvalue weighted by molar-refractivity contribution is 6.35. The molecule has 2 aromatic rings. The van der Waals surface area contributed by atoms with Gasteiger partial charge in [0.25, 0.3) is 0 Å². The van der Waals surface area contributed by atoms with Gasteiger partial charge in [-0.1, -0.05) is 30.2 Å². The van der Waals surface area contributed by atoms with E-state index in [2.05, 4.69) is 16.8 Å². The predicted molar refractivity (Wildman–Crippen MR) is 75.0 cm³/mol. The van der Waals surface area contributed by atoms with E-state index in [0.29, 0.717) is 5.92 Å². The summed E-state index contributed by atoms with van der Waals surface area (Å²) in [5.41, 5.74) is 2.41. The van der Waals surface area contributed by atoms with Crippen molar-refractivity contribution in [3.63, 3.8) is 0 Å². The maximum absolute atomic E-state index is 9.95. The number of aliphatic hydroxyl groups is 1. The Morgan fingerprint density at radius 2 is 2.22 bits per heavy atom. The number of rotatable bonds is 2. The minimum Gasteiger partial charge on any atom is -0.393 e. The van der Waals surface area contributed by atoms with Gasteiger partial charge in [-0.15, -0.1) is 0 Å². The summed E-state index contributed by atoms with van der Waals surface area (Å²) >= 11 is 6.25. The average Bonchev–Trinajstić information content (AvgIpc) is 2.87. The quantitative estimate of drug-likeness (QED) is 0.881. The first-order valence-electron chi connectivity index (χ1n) is 6.57. The Morgan fingerprint density at radius 3 is 2.94 bits per heavy atom. The van der Waals surface area contributed by atoms with Crippen LogP contribution in [0.25, 0.3) is 10.9 Å². The number of para-hydroxylation sites is 1. The summed E-state index contributed by atoms with van der Waals surface area (Å²) in [6.07, 6.45) is 6.23. The number of aliphatic hydroxyl groups excluding tert-OH is 1. The highest BCUT2D eigenvalue weighted by Gasteiger charge is 2.26. The van der Waals surface area contributed by atoms with Crippen molar-refractivity contribution in [2.45, 2.75) is 31.8 Å². The first kappa shape index (κ1) is 12.1. The van der Waals surface area contributed by atoms with Crippen molar-refractivity contribution < 1.29 is 5.11 Å². The van der Waals surface area contributed by atoms with Crippen molar-refractivity contribution >= 4 is 22.5 Å². The highest BCUT2D eigenvalue weighted by atomic mass is 35.5. The second kappa shape index (κ2) is 4.60. The topological polar surface area (TPSA) is 25.2 Å². The van der Waals surface area contributed by atoms with E-state index in [-0.39, 0.29) is 6.10 Å². The fourth-order valence-corrected chi connectivity index (χ4v) is 3.51. The molecule has 1 aromatic heterocycles. The van der Waals surface area contributed by atoms with Gasteiger partial charge in [-0.3, -0.25) is 0 Å². The minimum atomic E-state index is -0.126. The molecule has 0 amide bonds. The number of benzene rings is 1. The van der Waals surface area contributed by atoms with Gasteiger partial charge in [-0.25, -0.2) is 0 Å². The molecule has 0 saturated heterocycles. The van der Waals surface area contributed by atoms with Crippen LogP contribution in [0.1, 0.15) is 24.8 Å². The van der Waals surface area contributed by atoms with E-state index in [0.717, 1.165) is 36.2 Å². The van der Waals surface area contributed by atoms with Crippen LogP contribution < -0.4 is 0 Å². The van der Waals surface area contributed by atoms with E-state index in [1.165, 1.54) is 10.9 Å². The van der Waals surface area contributed by atoms with Crippen LogP contribution in [0.15, 0.2) is 24.4 Å². The van der Waals surface area contributed by atoms with Gasteiger partial charge in [0.05, 0.1) is 16.6 Å². The Morgan fingerprint density at radius 1 is 1.39 bits per heavy atom. The normalized spacial score (nSPS) is 23.9. The first-order chi connectivity index (χ1) is 8.66. The third-order valence-electron chi connectivity index (χ3n) is 4.14. The van der Waals surface area contributed by atoms with Gasteiger partial charge in [-0.05, 0) is 36.8 Å². The summed E-state index contributed by atoms with van der Waals surface area (Å²) in [4.78, 5) is 0. The zero-order valence-electron chi connectivity index (χ0n) is 10.6. The zero-order chi connectivity index (χ0) is 12.7. The Kier molecular flexibility index (Phi) is 3.08. The van der Waals surface area contributed by atoms with Crippen molar-refractivity contribution in [2.75, 3.05) is 0 Å². The number of aromatic nitrogens is 1. The number of nitrogens with zero attached hydrogens (tertiary/aromatic N) is 1. The Bertz CT molecular complexity index is 575. The van der Waals surface area contributed by atoms with Gasteiger partial charge >= 0.3 is 0 Å². The van der Waals surface area contributed by atoms with Crippen LogP contribution in [0, 0.1) is 5.92 Å². The predicted octanol–water partition coefficient (Wildman–Crippen LogP) is 3.54. The molecule has 1 N–H and O–H groups in total. The van der Waals surface area contributed by atoms with Crippen LogP contribution in [-0.2, 0) is 13.5 Å². The van der Waals surface area contributed by atoms with Gasteiger partial charge in [-0.2, -0.15) is 0 Å². The van der Waals surface area contributed by atoms with E-state index < -0.39 is 0 Å². The van der Waals surface area contributed by atoms with Crippen molar-refractivity contribution in [2.24, 2.45) is 13.0 Å². The summed E-state index contributed by atoms with van der Waals surface area (Å²) in [6.45, 7) is 0. The second-order valence-corrected chi connectivity index (χ2v) is 5.77. The van der Waals surface area contributed by atoms with Gasteiger partial charge in [0.1, 0.15) is 0 Å². The lowest BCUT2D eigenvalue weighted by atomic mass is 9.96. The molecule has 0 bridgehead atoms. The van der Waals surface area contributed by atoms with Crippen LogP contribution >= 0.6 is 11.6 Å². The zero-order valence-corrected chi connectivity index (χ0v) is 11.3. The molecule has 18 heavy (non-hydrogen) atoms. The third kappa shape index (κ3) is 1.94. The molecule has 0 radical (unpaired) electrons. The van der Waals surface area contributed by atoms with E-state index in [1.807, 2.05) is 19.2 Å². The molecule has 1 aromatic carbocycles. The molecule has 0 spiro atoms. The number of fused-ring (bicyclic) bond motifs is 1. The first-order valence-corrected chi connectivity index (χ1v) is 6.95. The molecule has 3 rings (SSSR count). The Balaban J connectivity index is 2.00. The summed E-state index contributed by atoms with van der Waals surface area (Å²) in [5, 5.41) is 12.0. The molecule has 1 heterocycles. The number of hydrogen-bond acceptors (Lipinski definition) is 1. The largest absolute Gasteiger partial charge is 0.393 e. The number of aryl methyl sites for hydroxylation is 1. The maximum atomic E-state index is 9.95. The molecule has 96 valence electrons. The molecule has 1 fully saturated rings. The lowest BCUT2D eigenvalue weighted by Crippen LogP contribution is -2.15. The SMILES string of the molecule is Cn1cc(CC2CCCC2O)c2cccc(Cl)c21. The van der Waals surface area contributed by atoms with Gasteiger partial charge in [0, 0.05) is 18.6 Å². The van der Waals surface area contributed by atoms with Crippen molar-refractivity contribution in [3.8, 4) is 0 Å². The van der Waals surface area contributed by atoms with Crippen molar-refractivity contribution in [1.29, 1.82) is 0 Å². The number of halogens is 1. The molecular weight excluding hydrogens is 246 g/mol. The molecule has 3 heteroatoms. The fourth-order valence-electron chi connectivity index (χ4n) is 3.20. The minimum absolute atomic E-state index is 0.126. The monoisotopic (exact) mass is 263 g/mol. The molecule has 0 aliphatic heterocycles. The van der Waals surface area contributed by atoms with E-state index in [1.54, 1.807) is 0 Å². The van der Waals surface area contributed by atoms with Gasteiger partial charge in [0.15, 0.2) is 0 Å². The molecule has 2 nitrogen and oxygen atoms in total. The Hall–Kier alpha value is -0.990. The molecule has 2 atom stereocenters. The van der Waals surface area contributed by atoms with Crippen molar-refractivity contribution in [1.82, 2.24) is 4.57 Å². The van der Waals surface area contributed by atoms with Crippen LogP contribution in [-0.4, -0.2) is 15.8 Å². The fraction of sp³-hybridized carbons (Fsp3) is 0.467. The van der Waals surface area contributed by atoms with E-state index in [9.17, 15) is 5.11 Å². The molecule has 2 unspecified atom stereocenters. The lowest BCUT2D eigenvalue weighted by Gasteiger charge is -2.13. The summed E-state index contributed by atoms with van der Waals surface area (Å²) < 4.78 is 2.09. The Labute approximate surface area is 112 Å². The standard InChI is InChI=1S/C15H18ClNO/c1-17-9-11(8-10-4-2-7-14(10)18)12-5-3-6-13(16)15(12)17/h3,5-6,9-10,14,18H,2,4,7-8H2,1H3. The average molecular weight is 264 g/mol. The van der Waals surface area contributed by atoms with Crippen LogP contribution in [0.3, 0.4) is 0 Å². The van der Waals surface area contributed by atoms with E-state index in [4.69, 9.17) is 11.6 Å². The smallest absolute Gasteiger partial charge is 0.0669 e. The van der Waals surface area contributed by atoms with Gasteiger partial charge in [0.2, 0.25) is 0 Å². The number of hydrogen-bond donors (Lipinski definition) is 1. The lowest BCUT2D eigenvalue weighted by molar-refractivity contribution is 0.133. The van der Waals surface area contributed by atoms with Crippen molar-refractivity contribution in [3.05, 3.63) is 35.0 Å². The third-order valence-corrected chi connectivity index (χ3v) is 4.44. The maximum Gasteiger partial charge on any atom is 0.0669 e.